The maximum absolute atomic E-state index is 6.10. The summed E-state index contributed by atoms with van der Waals surface area (Å²) in [6.45, 7) is 2.61. The van der Waals surface area contributed by atoms with Crippen LogP contribution in [0.4, 0.5) is 0 Å². The van der Waals surface area contributed by atoms with Crippen LogP contribution < -0.4 is 5.73 Å². The number of rotatable bonds is 2. The lowest BCUT2D eigenvalue weighted by molar-refractivity contribution is 1.07. The van der Waals surface area contributed by atoms with Crippen LogP contribution in [0, 0.1) is 6.92 Å². The van der Waals surface area contributed by atoms with Crippen LogP contribution in [-0.4, -0.2) is 0 Å². The van der Waals surface area contributed by atoms with Crippen molar-refractivity contribution in [2.75, 3.05) is 0 Å². The fourth-order valence-corrected chi connectivity index (χ4v) is 1.92. The number of nitrogens with two attached hydrogens (primary N) is 1. The molecule has 0 saturated carbocycles. The van der Waals surface area contributed by atoms with Crippen LogP contribution >= 0.6 is 24.0 Å². The molecule has 2 aromatic carbocycles. The Labute approximate surface area is 113 Å². The molecular weight excluding hydrogens is 253 g/mol. The summed E-state index contributed by atoms with van der Waals surface area (Å²) >= 11 is 6.10. The largest absolute Gasteiger partial charge is 0.326 e. The van der Waals surface area contributed by atoms with Crippen molar-refractivity contribution in [2.24, 2.45) is 5.73 Å². The molecule has 0 heterocycles. The van der Waals surface area contributed by atoms with Crippen LogP contribution in [0.2, 0.25) is 5.02 Å². The van der Waals surface area contributed by atoms with E-state index in [-0.39, 0.29) is 12.4 Å². The van der Waals surface area contributed by atoms with Crippen LogP contribution in [0.5, 0.6) is 0 Å². The van der Waals surface area contributed by atoms with Crippen molar-refractivity contribution in [3.05, 3.63) is 58.6 Å². The van der Waals surface area contributed by atoms with E-state index < -0.39 is 0 Å². The summed E-state index contributed by atoms with van der Waals surface area (Å²) in [5, 5.41) is 0.806. The van der Waals surface area contributed by atoms with Gasteiger partial charge in [-0.25, -0.2) is 0 Å². The summed E-state index contributed by atoms with van der Waals surface area (Å²) in [7, 11) is 0. The molecule has 0 aliphatic carbocycles. The molecule has 0 aliphatic rings. The average molecular weight is 268 g/mol. The van der Waals surface area contributed by atoms with E-state index in [4.69, 9.17) is 17.3 Å². The van der Waals surface area contributed by atoms with Gasteiger partial charge in [-0.3, -0.25) is 0 Å². The van der Waals surface area contributed by atoms with Crippen molar-refractivity contribution < 1.29 is 0 Å². The van der Waals surface area contributed by atoms with Gasteiger partial charge in [0, 0.05) is 11.6 Å². The Morgan fingerprint density at radius 1 is 1.06 bits per heavy atom. The quantitative estimate of drug-likeness (QED) is 0.868. The average Bonchev–Trinajstić information content (AvgIpc) is 2.33. The van der Waals surface area contributed by atoms with E-state index in [1.165, 1.54) is 11.1 Å². The Morgan fingerprint density at radius 3 is 2.29 bits per heavy atom. The second-order valence-corrected chi connectivity index (χ2v) is 4.22. The lowest BCUT2D eigenvalue weighted by Gasteiger charge is -2.08. The third-order valence-corrected chi connectivity index (χ3v) is 3.18. The van der Waals surface area contributed by atoms with E-state index in [1.807, 2.05) is 19.1 Å². The van der Waals surface area contributed by atoms with Crippen LogP contribution in [0.25, 0.3) is 11.1 Å². The third-order valence-electron chi connectivity index (χ3n) is 2.77. The molecule has 0 atom stereocenters. The predicted octanol–water partition coefficient (Wildman–Crippen LogP) is 4.20. The highest BCUT2D eigenvalue weighted by Gasteiger charge is 2.04. The van der Waals surface area contributed by atoms with Gasteiger partial charge in [-0.05, 0) is 35.2 Å². The van der Waals surface area contributed by atoms with Gasteiger partial charge in [-0.1, -0.05) is 48.0 Å². The molecule has 0 radical (unpaired) electrons. The highest BCUT2D eigenvalue weighted by Crippen LogP contribution is 2.28. The molecule has 0 amide bonds. The standard InChI is InChI=1S/C14H14ClN.ClH/c1-10-13(3-2-4-14(10)15)12-7-5-11(9-16)6-8-12;/h2-8H,9,16H2,1H3;1H. The molecule has 90 valence electrons. The first kappa shape index (κ1) is 14.0. The SMILES string of the molecule is Cc1c(Cl)cccc1-c1ccc(CN)cc1.Cl. The zero-order valence-electron chi connectivity index (χ0n) is 9.61. The second kappa shape index (κ2) is 6.06. The maximum Gasteiger partial charge on any atom is 0.0441 e. The van der Waals surface area contributed by atoms with E-state index in [2.05, 4.69) is 30.3 Å². The molecule has 0 aromatic heterocycles. The zero-order chi connectivity index (χ0) is 11.5. The minimum Gasteiger partial charge on any atom is -0.326 e. The van der Waals surface area contributed by atoms with Gasteiger partial charge in [0.1, 0.15) is 0 Å². The fourth-order valence-electron chi connectivity index (χ4n) is 1.74. The summed E-state index contributed by atoms with van der Waals surface area (Å²) in [6.07, 6.45) is 0. The number of hydrogen-bond acceptors (Lipinski definition) is 1. The van der Waals surface area contributed by atoms with E-state index in [0.717, 1.165) is 16.1 Å². The zero-order valence-corrected chi connectivity index (χ0v) is 11.2. The Balaban J connectivity index is 0.00000144. The molecule has 3 heteroatoms. The summed E-state index contributed by atoms with van der Waals surface area (Å²) in [5.41, 5.74) is 10.2. The maximum atomic E-state index is 6.10. The van der Waals surface area contributed by atoms with Crippen molar-refractivity contribution >= 4 is 24.0 Å². The molecule has 0 fully saturated rings. The van der Waals surface area contributed by atoms with Crippen LogP contribution in [0.3, 0.4) is 0 Å². The molecule has 2 rings (SSSR count). The monoisotopic (exact) mass is 267 g/mol. The van der Waals surface area contributed by atoms with Crippen molar-refractivity contribution in [3.63, 3.8) is 0 Å². The van der Waals surface area contributed by atoms with Gasteiger partial charge >= 0.3 is 0 Å². The number of benzene rings is 2. The Kier molecular flexibility index (Phi) is 5.01. The van der Waals surface area contributed by atoms with Crippen LogP contribution in [0.1, 0.15) is 11.1 Å². The predicted molar refractivity (Wildman–Crippen MR) is 76.8 cm³/mol. The van der Waals surface area contributed by atoms with Gasteiger partial charge in [0.25, 0.3) is 0 Å². The lowest BCUT2D eigenvalue weighted by atomic mass is 9.99. The van der Waals surface area contributed by atoms with Gasteiger partial charge in [-0.2, -0.15) is 0 Å². The summed E-state index contributed by atoms with van der Waals surface area (Å²) in [6, 6.07) is 14.2. The van der Waals surface area contributed by atoms with E-state index in [9.17, 15) is 0 Å². The molecule has 0 bridgehead atoms. The van der Waals surface area contributed by atoms with Gasteiger partial charge < -0.3 is 5.73 Å². The van der Waals surface area contributed by atoms with E-state index in [1.54, 1.807) is 0 Å². The molecule has 17 heavy (non-hydrogen) atoms. The first-order valence-electron chi connectivity index (χ1n) is 5.27. The fraction of sp³-hybridized carbons (Fsp3) is 0.143. The first-order valence-corrected chi connectivity index (χ1v) is 5.64. The summed E-state index contributed by atoms with van der Waals surface area (Å²) in [5.74, 6) is 0. The van der Waals surface area contributed by atoms with E-state index >= 15 is 0 Å². The molecule has 0 aliphatic heterocycles. The van der Waals surface area contributed by atoms with Crippen molar-refractivity contribution in [1.82, 2.24) is 0 Å². The smallest absolute Gasteiger partial charge is 0.0441 e. The van der Waals surface area contributed by atoms with Crippen LogP contribution in [-0.2, 0) is 6.54 Å². The molecule has 2 N–H and O–H groups in total. The highest BCUT2D eigenvalue weighted by molar-refractivity contribution is 6.31. The molecular formula is C14H15Cl2N. The topological polar surface area (TPSA) is 26.0 Å². The van der Waals surface area contributed by atoms with Crippen molar-refractivity contribution in [3.8, 4) is 11.1 Å². The van der Waals surface area contributed by atoms with Gasteiger partial charge in [0.15, 0.2) is 0 Å². The van der Waals surface area contributed by atoms with Gasteiger partial charge in [-0.15, -0.1) is 12.4 Å². The van der Waals surface area contributed by atoms with Gasteiger partial charge in [0.2, 0.25) is 0 Å². The Hall–Kier alpha value is -1.02. The molecule has 0 spiro atoms. The van der Waals surface area contributed by atoms with Crippen molar-refractivity contribution in [2.45, 2.75) is 13.5 Å². The second-order valence-electron chi connectivity index (χ2n) is 3.81. The normalized spacial score (nSPS) is 9.82. The Morgan fingerprint density at radius 2 is 1.71 bits per heavy atom. The minimum absolute atomic E-state index is 0. The first-order chi connectivity index (χ1) is 7.72. The minimum atomic E-state index is 0. The van der Waals surface area contributed by atoms with Crippen molar-refractivity contribution in [1.29, 1.82) is 0 Å². The molecule has 0 saturated heterocycles. The summed E-state index contributed by atoms with van der Waals surface area (Å²) < 4.78 is 0. The van der Waals surface area contributed by atoms with E-state index in [0.29, 0.717) is 6.54 Å². The third kappa shape index (κ3) is 3.01. The highest BCUT2D eigenvalue weighted by atomic mass is 35.5. The molecule has 0 unspecified atom stereocenters. The lowest BCUT2D eigenvalue weighted by Crippen LogP contribution is -1.95. The number of hydrogen-bond donors (Lipinski definition) is 1. The Bertz CT molecular complexity index is 492. The molecule has 2 aromatic rings. The van der Waals surface area contributed by atoms with Crippen LogP contribution in [0.15, 0.2) is 42.5 Å². The summed E-state index contributed by atoms with van der Waals surface area (Å²) in [4.78, 5) is 0. The van der Waals surface area contributed by atoms with Gasteiger partial charge in [0.05, 0.1) is 0 Å². The molecule has 1 nitrogen and oxygen atoms in total. The number of halogens is 2.